The van der Waals surface area contributed by atoms with E-state index in [0.29, 0.717) is 11.8 Å². The minimum absolute atomic E-state index is 0.0216. The molecule has 3 heterocycles. The first-order valence-corrected chi connectivity index (χ1v) is 15.8. The molecular weight excluding hydrogens is 536 g/mol. The molecule has 9 rings (SSSR count). The van der Waals surface area contributed by atoms with Gasteiger partial charge in [-0.15, -0.1) is 0 Å². The minimum atomic E-state index is -0.0216. The highest BCUT2D eigenvalue weighted by molar-refractivity contribution is 5.99. The number of pyridine rings is 1. The maximum Gasteiger partial charge on any atom is 0.231 e. The maximum absolute atomic E-state index is 5.59. The van der Waals surface area contributed by atoms with Gasteiger partial charge in [0.1, 0.15) is 0 Å². The largest absolute Gasteiger partial charge is 0.302 e. The van der Waals surface area contributed by atoms with Crippen LogP contribution in [0.1, 0.15) is 72.9 Å². The van der Waals surface area contributed by atoms with Crippen molar-refractivity contribution in [3.63, 3.8) is 0 Å². The standard InChI is InChI=1S/C40H34N4/c1-24-19-20-26-14-11-23-41-35(26)29-21-22-30-36(25-12-5-4-6-13-25)42-39(43-37(30)33(24)29)44-32-18-10-8-16-28(32)34-38(44)27-15-7-9-17-31(27)40(34,2)3/h4-18,21-24,34,38H,19-20H2,1-3H3. The molecule has 0 saturated heterocycles. The quantitative estimate of drug-likeness (QED) is 0.208. The van der Waals surface area contributed by atoms with Gasteiger partial charge in [0.15, 0.2) is 0 Å². The Kier molecular flexibility index (Phi) is 5.44. The van der Waals surface area contributed by atoms with Crippen LogP contribution in [-0.4, -0.2) is 15.0 Å². The lowest BCUT2D eigenvalue weighted by molar-refractivity contribution is 0.419. The van der Waals surface area contributed by atoms with Gasteiger partial charge in [0.2, 0.25) is 5.95 Å². The molecule has 6 aromatic rings. The van der Waals surface area contributed by atoms with Crippen molar-refractivity contribution in [2.24, 2.45) is 0 Å². The first kappa shape index (κ1) is 25.6. The summed E-state index contributed by atoms with van der Waals surface area (Å²) in [4.78, 5) is 18.4. The Morgan fingerprint density at radius 3 is 2.39 bits per heavy atom. The number of anilines is 2. The van der Waals surface area contributed by atoms with Gasteiger partial charge in [-0.1, -0.05) is 106 Å². The van der Waals surface area contributed by atoms with E-state index < -0.39 is 0 Å². The van der Waals surface area contributed by atoms with Crippen LogP contribution >= 0.6 is 0 Å². The number of aryl methyl sites for hydroxylation is 1. The molecule has 4 heteroatoms. The van der Waals surface area contributed by atoms with Crippen LogP contribution in [0.5, 0.6) is 0 Å². The van der Waals surface area contributed by atoms with Crippen molar-refractivity contribution >= 4 is 22.5 Å². The minimum Gasteiger partial charge on any atom is -0.302 e. The molecule has 0 amide bonds. The number of benzene rings is 4. The number of para-hydroxylation sites is 1. The zero-order valence-corrected chi connectivity index (χ0v) is 25.3. The smallest absolute Gasteiger partial charge is 0.231 e. The fourth-order valence-electron chi connectivity index (χ4n) is 8.52. The predicted octanol–water partition coefficient (Wildman–Crippen LogP) is 9.68. The van der Waals surface area contributed by atoms with Crippen molar-refractivity contribution in [3.8, 4) is 22.5 Å². The lowest BCUT2D eigenvalue weighted by Crippen LogP contribution is -2.26. The zero-order chi connectivity index (χ0) is 29.6. The molecule has 4 aromatic carbocycles. The van der Waals surface area contributed by atoms with E-state index in [1.54, 1.807) is 0 Å². The molecule has 44 heavy (non-hydrogen) atoms. The Bertz CT molecular complexity index is 2100. The Morgan fingerprint density at radius 1 is 0.750 bits per heavy atom. The molecule has 0 spiro atoms. The summed E-state index contributed by atoms with van der Waals surface area (Å²) >= 11 is 0. The summed E-state index contributed by atoms with van der Waals surface area (Å²) in [6.45, 7) is 7.16. The Labute approximate surface area is 258 Å². The van der Waals surface area contributed by atoms with Crippen molar-refractivity contribution < 1.29 is 0 Å². The van der Waals surface area contributed by atoms with E-state index in [2.05, 4.69) is 129 Å². The summed E-state index contributed by atoms with van der Waals surface area (Å²) < 4.78 is 0. The van der Waals surface area contributed by atoms with Crippen molar-refractivity contribution in [1.29, 1.82) is 0 Å². The van der Waals surface area contributed by atoms with Crippen LogP contribution in [0.4, 0.5) is 11.6 Å². The molecule has 4 nitrogen and oxygen atoms in total. The predicted molar refractivity (Wildman–Crippen MR) is 178 cm³/mol. The molecular formula is C40H34N4. The second-order valence-corrected chi connectivity index (χ2v) is 13.3. The molecule has 0 saturated carbocycles. The Morgan fingerprint density at radius 2 is 1.52 bits per heavy atom. The summed E-state index contributed by atoms with van der Waals surface area (Å²) in [6.07, 6.45) is 3.99. The van der Waals surface area contributed by atoms with Crippen molar-refractivity contribution in [1.82, 2.24) is 15.0 Å². The maximum atomic E-state index is 5.59. The first-order chi connectivity index (χ1) is 21.5. The third-order valence-corrected chi connectivity index (χ3v) is 10.5. The van der Waals surface area contributed by atoms with E-state index in [1.165, 1.54) is 39.1 Å². The monoisotopic (exact) mass is 570 g/mol. The average molecular weight is 571 g/mol. The molecule has 214 valence electrons. The lowest BCUT2D eigenvalue weighted by Gasteiger charge is -2.29. The number of hydrogen-bond donors (Lipinski definition) is 0. The van der Waals surface area contributed by atoms with Gasteiger partial charge in [-0.2, -0.15) is 0 Å². The van der Waals surface area contributed by atoms with Crippen LogP contribution < -0.4 is 4.90 Å². The fourth-order valence-corrected chi connectivity index (χ4v) is 8.52. The number of fused-ring (bicyclic) bond motifs is 10. The third-order valence-electron chi connectivity index (χ3n) is 10.5. The van der Waals surface area contributed by atoms with E-state index in [1.807, 2.05) is 6.20 Å². The van der Waals surface area contributed by atoms with Crippen LogP contribution in [-0.2, 0) is 11.8 Å². The normalized spacial score (nSPS) is 20.8. The van der Waals surface area contributed by atoms with Gasteiger partial charge in [0, 0.05) is 34.3 Å². The summed E-state index contributed by atoms with van der Waals surface area (Å²) in [5, 5.41) is 1.10. The molecule has 2 aliphatic carbocycles. The number of hydrogen-bond acceptors (Lipinski definition) is 4. The van der Waals surface area contributed by atoms with Crippen molar-refractivity contribution in [3.05, 3.63) is 137 Å². The molecule has 3 atom stereocenters. The fraction of sp³-hybridized carbons (Fsp3) is 0.225. The van der Waals surface area contributed by atoms with E-state index >= 15 is 0 Å². The van der Waals surface area contributed by atoms with E-state index in [-0.39, 0.29) is 11.5 Å². The van der Waals surface area contributed by atoms with Gasteiger partial charge in [-0.25, -0.2) is 9.97 Å². The zero-order valence-electron chi connectivity index (χ0n) is 25.3. The van der Waals surface area contributed by atoms with Crippen LogP contribution in [0, 0.1) is 0 Å². The highest BCUT2D eigenvalue weighted by atomic mass is 15.3. The van der Waals surface area contributed by atoms with Gasteiger partial charge in [-0.05, 0) is 70.2 Å². The Balaban J connectivity index is 1.37. The average Bonchev–Trinajstić information content (AvgIpc) is 3.47. The number of rotatable bonds is 2. The highest BCUT2D eigenvalue weighted by Crippen LogP contribution is 2.64. The summed E-state index contributed by atoms with van der Waals surface area (Å²) in [5.74, 6) is 1.41. The number of aromatic nitrogens is 3. The molecule has 0 bridgehead atoms. The molecule has 0 radical (unpaired) electrons. The molecule has 0 fully saturated rings. The molecule has 2 aromatic heterocycles. The first-order valence-electron chi connectivity index (χ1n) is 15.8. The SMILES string of the molecule is CC1CCc2cccnc2-c2ccc3c(-c4ccccc4)nc(N4c5ccccc5C5C4c4ccccc4C5(C)C)nc3c21. The van der Waals surface area contributed by atoms with E-state index in [9.17, 15) is 0 Å². The molecule has 0 N–H and O–H groups in total. The highest BCUT2D eigenvalue weighted by Gasteiger charge is 2.55. The Hall–Kier alpha value is -4.83. The molecule has 3 aliphatic rings. The van der Waals surface area contributed by atoms with Crippen molar-refractivity contribution in [2.75, 3.05) is 4.90 Å². The lowest BCUT2D eigenvalue weighted by atomic mass is 9.75. The summed E-state index contributed by atoms with van der Waals surface area (Å²) in [7, 11) is 0. The third kappa shape index (κ3) is 3.48. The van der Waals surface area contributed by atoms with E-state index in [4.69, 9.17) is 15.0 Å². The van der Waals surface area contributed by atoms with Gasteiger partial charge in [0.25, 0.3) is 0 Å². The van der Waals surface area contributed by atoms with Crippen LogP contribution in [0.3, 0.4) is 0 Å². The topological polar surface area (TPSA) is 41.9 Å². The summed E-state index contributed by atoms with van der Waals surface area (Å²) in [5.41, 5.74) is 13.4. The van der Waals surface area contributed by atoms with Gasteiger partial charge in [0.05, 0.1) is 22.9 Å². The van der Waals surface area contributed by atoms with E-state index in [0.717, 1.165) is 46.6 Å². The second-order valence-electron chi connectivity index (χ2n) is 13.3. The number of nitrogens with zero attached hydrogens (tertiary/aromatic N) is 4. The summed E-state index contributed by atoms with van der Waals surface area (Å²) in [6, 6.07) is 37.4. The second kappa shape index (κ2) is 9.33. The van der Waals surface area contributed by atoms with Crippen molar-refractivity contribution in [2.45, 2.75) is 56.9 Å². The van der Waals surface area contributed by atoms with Gasteiger partial charge < -0.3 is 4.90 Å². The van der Waals surface area contributed by atoms with Gasteiger partial charge in [-0.3, -0.25) is 4.98 Å². The van der Waals surface area contributed by atoms with Crippen LogP contribution in [0.2, 0.25) is 0 Å². The molecule has 3 unspecified atom stereocenters. The van der Waals surface area contributed by atoms with Gasteiger partial charge >= 0.3 is 0 Å². The molecule has 1 aliphatic heterocycles. The van der Waals surface area contributed by atoms with Crippen LogP contribution in [0.25, 0.3) is 33.4 Å². The van der Waals surface area contributed by atoms with Crippen LogP contribution in [0.15, 0.2) is 109 Å².